The number of rotatable bonds is 7. The third-order valence-corrected chi connectivity index (χ3v) is 7.46. The lowest BCUT2D eigenvalue weighted by atomic mass is 10.00. The van der Waals surface area contributed by atoms with E-state index in [1.165, 1.54) is 0 Å². The largest absolute Gasteiger partial charge is 0.354 e. The van der Waals surface area contributed by atoms with Crippen LogP contribution < -0.4 is 10.6 Å². The summed E-state index contributed by atoms with van der Waals surface area (Å²) in [5, 5.41) is 6.05. The summed E-state index contributed by atoms with van der Waals surface area (Å²) in [5.74, 6) is -0.196. The predicted octanol–water partition coefficient (Wildman–Crippen LogP) is 3.25. The lowest BCUT2D eigenvalue weighted by Gasteiger charge is -2.32. The van der Waals surface area contributed by atoms with Crippen LogP contribution in [0.15, 0.2) is 60.8 Å². The minimum absolute atomic E-state index is 0.0456. The maximum Gasteiger partial charge on any atom is 0.256 e. The van der Waals surface area contributed by atoms with Crippen molar-refractivity contribution in [2.45, 2.75) is 32.4 Å². The van der Waals surface area contributed by atoms with Gasteiger partial charge in [-0.05, 0) is 66.4 Å². The molecule has 9 nitrogen and oxygen atoms in total. The first-order valence-corrected chi connectivity index (χ1v) is 13.6. The second-order valence-corrected chi connectivity index (χ2v) is 10.6. The van der Waals surface area contributed by atoms with E-state index in [4.69, 9.17) is 11.6 Å². The molecule has 40 heavy (non-hydrogen) atoms. The summed E-state index contributed by atoms with van der Waals surface area (Å²) in [7, 11) is 0. The Kier molecular flexibility index (Phi) is 8.23. The van der Waals surface area contributed by atoms with E-state index in [9.17, 15) is 19.2 Å². The number of aromatic nitrogens is 1. The third-order valence-electron chi connectivity index (χ3n) is 7.23. The second kappa shape index (κ2) is 12.0. The molecular weight excluding hydrogens is 530 g/mol. The van der Waals surface area contributed by atoms with Gasteiger partial charge in [0.2, 0.25) is 5.91 Å². The van der Waals surface area contributed by atoms with Gasteiger partial charge in [0.05, 0.1) is 12.6 Å². The minimum Gasteiger partial charge on any atom is -0.354 e. The Bertz CT molecular complexity index is 1440. The number of anilines is 1. The summed E-state index contributed by atoms with van der Waals surface area (Å²) in [6, 6.07) is 14.9. The topological polar surface area (TPSA) is 112 Å². The molecule has 2 aromatic carbocycles. The lowest BCUT2D eigenvalue weighted by molar-refractivity contribution is -0.124. The van der Waals surface area contributed by atoms with Crippen LogP contribution in [0.5, 0.6) is 0 Å². The normalized spacial score (nSPS) is 17.7. The van der Waals surface area contributed by atoms with Crippen LogP contribution in [-0.2, 0) is 22.6 Å². The molecule has 0 spiro atoms. The van der Waals surface area contributed by atoms with E-state index in [1.807, 2.05) is 17.9 Å². The smallest absolute Gasteiger partial charge is 0.256 e. The maximum absolute atomic E-state index is 13.8. The molecular formula is C30H30ClN5O4. The predicted molar refractivity (Wildman–Crippen MR) is 151 cm³/mol. The van der Waals surface area contributed by atoms with E-state index < -0.39 is 6.04 Å². The van der Waals surface area contributed by atoms with Gasteiger partial charge < -0.3 is 15.5 Å². The van der Waals surface area contributed by atoms with E-state index in [0.717, 1.165) is 11.1 Å². The van der Waals surface area contributed by atoms with Crippen LogP contribution >= 0.6 is 11.6 Å². The SMILES string of the molecule is Cc1ccc(NC(=O)c2ccc(CN3C(=O)c4ccc(Cl)cc4CC(=O)[C@H]3CCN3CCNC(=O)C3)cc2)nc1. The minimum atomic E-state index is -0.667. The first kappa shape index (κ1) is 27.5. The lowest BCUT2D eigenvalue weighted by Crippen LogP contribution is -2.50. The van der Waals surface area contributed by atoms with Gasteiger partial charge in [-0.15, -0.1) is 0 Å². The number of amides is 3. The van der Waals surface area contributed by atoms with Crippen molar-refractivity contribution in [1.82, 2.24) is 20.1 Å². The number of halogens is 1. The quantitative estimate of drug-likeness (QED) is 0.460. The Morgan fingerprint density at radius 1 is 1.10 bits per heavy atom. The summed E-state index contributed by atoms with van der Waals surface area (Å²) in [6.07, 6.45) is 2.19. The Labute approximate surface area is 237 Å². The van der Waals surface area contributed by atoms with E-state index in [0.29, 0.717) is 53.6 Å². The second-order valence-electron chi connectivity index (χ2n) is 10.2. The number of Topliss-reactive ketones (excluding diaryl/α,β-unsaturated/α-hetero) is 1. The van der Waals surface area contributed by atoms with Crippen LogP contribution in [0.4, 0.5) is 5.82 Å². The molecule has 0 unspecified atom stereocenters. The number of nitrogens with zero attached hydrogens (tertiary/aromatic N) is 3. The molecule has 5 rings (SSSR count). The first-order chi connectivity index (χ1) is 19.3. The van der Waals surface area contributed by atoms with Gasteiger partial charge in [-0.25, -0.2) is 4.98 Å². The zero-order valence-electron chi connectivity index (χ0n) is 22.2. The van der Waals surface area contributed by atoms with Crippen molar-refractivity contribution in [3.05, 3.63) is 93.6 Å². The zero-order chi connectivity index (χ0) is 28.2. The van der Waals surface area contributed by atoms with Crippen LogP contribution in [0, 0.1) is 6.92 Å². The van der Waals surface area contributed by atoms with E-state index >= 15 is 0 Å². The van der Waals surface area contributed by atoms with Crippen LogP contribution in [-0.4, -0.2) is 70.5 Å². The first-order valence-electron chi connectivity index (χ1n) is 13.2. The number of ketones is 1. The number of hydrogen-bond acceptors (Lipinski definition) is 6. The van der Waals surface area contributed by atoms with E-state index in [2.05, 4.69) is 15.6 Å². The Hall–Kier alpha value is -4.08. The van der Waals surface area contributed by atoms with Crippen molar-refractivity contribution in [2.75, 3.05) is 31.5 Å². The van der Waals surface area contributed by atoms with Gasteiger partial charge >= 0.3 is 0 Å². The molecule has 2 N–H and O–H groups in total. The molecule has 3 amide bonds. The molecule has 10 heteroatoms. The van der Waals surface area contributed by atoms with Crippen molar-refractivity contribution in [3.8, 4) is 0 Å². The van der Waals surface area contributed by atoms with Gasteiger partial charge in [0, 0.05) is 54.9 Å². The third kappa shape index (κ3) is 6.38. The average molecular weight is 560 g/mol. The number of aryl methyl sites for hydroxylation is 1. The summed E-state index contributed by atoms with van der Waals surface area (Å²) in [4.78, 5) is 59.7. The summed E-state index contributed by atoms with van der Waals surface area (Å²) >= 11 is 6.19. The fourth-order valence-electron chi connectivity index (χ4n) is 5.07. The molecule has 0 bridgehead atoms. The Morgan fingerprint density at radius 3 is 2.62 bits per heavy atom. The monoisotopic (exact) mass is 559 g/mol. The number of benzene rings is 2. The summed E-state index contributed by atoms with van der Waals surface area (Å²) in [5.41, 5.74) is 3.30. The molecule has 2 aliphatic heterocycles. The zero-order valence-corrected chi connectivity index (χ0v) is 22.9. The van der Waals surface area contributed by atoms with Gasteiger partial charge in [0.15, 0.2) is 5.78 Å². The number of pyridine rings is 1. The van der Waals surface area contributed by atoms with Crippen molar-refractivity contribution < 1.29 is 19.2 Å². The highest BCUT2D eigenvalue weighted by molar-refractivity contribution is 6.30. The van der Waals surface area contributed by atoms with Crippen LogP contribution in [0.1, 0.15) is 43.8 Å². The molecule has 1 saturated heterocycles. The summed E-state index contributed by atoms with van der Waals surface area (Å²) in [6.45, 7) is 4.15. The number of hydrogen-bond donors (Lipinski definition) is 2. The molecule has 1 fully saturated rings. The van der Waals surface area contributed by atoms with Crippen molar-refractivity contribution in [1.29, 1.82) is 0 Å². The van der Waals surface area contributed by atoms with Crippen molar-refractivity contribution >= 4 is 40.9 Å². The Morgan fingerprint density at radius 2 is 1.90 bits per heavy atom. The number of nitrogens with one attached hydrogen (secondary N) is 2. The standard InChI is InChI=1S/C30H30ClN5O4/c1-19-2-9-27(33-16-19)34-29(39)21-5-3-20(4-6-21)17-36-25(10-12-35-13-11-32-28(38)18-35)26(37)15-22-14-23(31)7-8-24(22)30(36)40/h2-9,14,16,25H,10-13,15,17-18H2,1H3,(H,32,38)(H,33,34,39)/t25-/m1/s1. The molecule has 2 aliphatic rings. The highest BCUT2D eigenvalue weighted by Gasteiger charge is 2.35. The highest BCUT2D eigenvalue weighted by Crippen LogP contribution is 2.27. The molecule has 0 radical (unpaired) electrons. The molecule has 3 heterocycles. The van der Waals surface area contributed by atoms with Crippen LogP contribution in [0.2, 0.25) is 5.02 Å². The van der Waals surface area contributed by atoms with E-state index in [1.54, 1.807) is 59.6 Å². The van der Waals surface area contributed by atoms with E-state index in [-0.39, 0.29) is 43.0 Å². The van der Waals surface area contributed by atoms with Crippen LogP contribution in [0.3, 0.4) is 0 Å². The number of carbonyl (C=O) groups excluding carboxylic acids is 4. The summed E-state index contributed by atoms with van der Waals surface area (Å²) < 4.78 is 0. The van der Waals surface area contributed by atoms with Crippen LogP contribution in [0.25, 0.3) is 0 Å². The van der Waals surface area contributed by atoms with Gasteiger partial charge in [-0.2, -0.15) is 0 Å². The molecule has 206 valence electrons. The molecule has 1 atom stereocenters. The van der Waals surface area contributed by atoms with Gasteiger partial charge in [0.25, 0.3) is 11.8 Å². The number of fused-ring (bicyclic) bond motifs is 1. The average Bonchev–Trinajstić information content (AvgIpc) is 3.02. The number of piperazine rings is 1. The molecule has 1 aromatic heterocycles. The highest BCUT2D eigenvalue weighted by atomic mass is 35.5. The molecule has 3 aromatic rings. The fraction of sp³-hybridized carbons (Fsp3) is 0.300. The van der Waals surface area contributed by atoms with Gasteiger partial charge in [-0.1, -0.05) is 29.8 Å². The van der Waals surface area contributed by atoms with Crippen molar-refractivity contribution in [3.63, 3.8) is 0 Å². The molecule has 0 aliphatic carbocycles. The molecule has 0 saturated carbocycles. The van der Waals surface area contributed by atoms with Gasteiger partial charge in [0.1, 0.15) is 5.82 Å². The van der Waals surface area contributed by atoms with Crippen molar-refractivity contribution in [2.24, 2.45) is 0 Å². The maximum atomic E-state index is 13.8. The van der Waals surface area contributed by atoms with Gasteiger partial charge in [-0.3, -0.25) is 24.1 Å². The number of carbonyl (C=O) groups is 4. The Balaban J connectivity index is 1.35. The fourth-order valence-corrected chi connectivity index (χ4v) is 5.26.